The number of anilines is 1. The minimum absolute atomic E-state index is 0.756. The molecule has 0 aliphatic heterocycles. The fourth-order valence-corrected chi connectivity index (χ4v) is 2.03. The van der Waals surface area contributed by atoms with Gasteiger partial charge < -0.3 is 5.32 Å². The average molecular weight is 228 g/mol. The molecule has 1 aromatic carbocycles. The van der Waals surface area contributed by atoms with Crippen LogP contribution in [0.15, 0.2) is 34.6 Å². The quantitative estimate of drug-likeness (QED) is 0.766. The predicted molar refractivity (Wildman–Crippen MR) is 66.3 cm³/mol. The van der Waals surface area contributed by atoms with Crippen molar-refractivity contribution in [3.8, 4) is 0 Å². The number of allylic oxidation sites excluding steroid dienone is 1. The Bertz CT molecular complexity index is 336. The number of hydrogen-bond donors (Lipinski definition) is 1. The summed E-state index contributed by atoms with van der Waals surface area (Å²) in [7, 11) is 0. The zero-order valence-corrected chi connectivity index (χ0v) is 10.0. The Morgan fingerprint density at radius 3 is 2.86 bits per heavy atom. The third-order valence-electron chi connectivity index (χ3n) is 1.59. The summed E-state index contributed by atoms with van der Waals surface area (Å²) in [6.07, 6.45) is 0. The largest absolute Gasteiger partial charge is 0.384 e. The van der Waals surface area contributed by atoms with Gasteiger partial charge in [0, 0.05) is 22.2 Å². The summed E-state index contributed by atoms with van der Waals surface area (Å²) < 4.78 is 0. The van der Waals surface area contributed by atoms with Gasteiger partial charge in [0.15, 0.2) is 0 Å². The highest BCUT2D eigenvalue weighted by Crippen LogP contribution is 2.33. The highest BCUT2D eigenvalue weighted by Gasteiger charge is 2.03. The molecule has 0 saturated carbocycles. The first-order valence-corrected chi connectivity index (χ1v) is 5.69. The lowest BCUT2D eigenvalue weighted by atomic mass is 10.3. The van der Waals surface area contributed by atoms with Crippen LogP contribution in [0.25, 0.3) is 0 Å². The summed E-state index contributed by atoms with van der Waals surface area (Å²) in [5.74, 6) is 0. The number of halogens is 1. The van der Waals surface area contributed by atoms with Crippen LogP contribution in [0.3, 0.4) is 0 Å². The second kappa shape index (κ2) is 5.32. The zero-order valence-electron chi connectivity index (χ0n) is 8.43. The monoisotopic (exact) mass is 227 g/mol. The molecule has 0 bridgehead atoms. The van der Waals surface area contributed by atoms with E-state index >= 15 is 0 Å². The fourth-order valence-electron chi connectivity index (χ4n) is 1.11. The van der Waals surface area contributed by atoms with E-state index in [4.69, 9.17) is 11.6 Å². The Morgan fingerprint density at radius 2 is 2.29 bits per heavy atom. The Kier molecular flexibility index (Phi) is 4.36. The molecule has 0 fully saturated rings. The van der Waals surface area contributed by atoms with Crippen LogP contribution < -0.4 is 5.32 Å². The Labute approximate surface area is 94.5 Å². The van der Waals surface area contributed by atoms with Crippen LogP contribution in [0.4, 0.5) is 5.69 Å². The number of nitrogens with one attached hydrogen (secondary N) is 1. The first kappa shape index (κ1) is 11.5. The van der Waals surface area contributed by atoms with Gasteiger partial charge in [0.2, 0.25) is 0 Å². The summed E-state index contributed by atoms with van der Waals surface area (Å²) in [4.78, 5) is 2.25. The van der Waals surface area contributed by atoms with Crippen molar-refractivity contribution in [2.24, 2.45) is 0 Å². The molecule has 0 atom stereocenters. The van der Waals surface area contributed by atoms with Gasteiger partial charge in [-0.1, -0.05) is 29.9 Å². The van der Waals surface area contributed by atoms with Crippen molar-refractivity contribution in [2.45, 2.75) is 18.7 Å². The molecule has 1 aromatic rings. The second-order valence-electron chi connectivity index (χ2n) is 2.97. The van der Waals surface area contributed by atoms with Crippen LogP contribution in [0, 0.1) is 0 Å². The number of benzene rings is 1. The average Bonchev–Trinajstić information content (AvgIpc) is 2.09. The zero-order chi connectivity index (χ0) is 10.6. The third kappa shape index (κ3) is 3.28. The molecular formula is C11H14ClNS. The molecule has 1 rings (SSSR count). The standard InChI is InChI=1S/C11H14ClNS/c1-4-13-10-7-9(12)5-6-11(10)14-8(2)3/h5-7,13H,2,4H2,1,3H3. The van der Waals surface area contributed by atoms with Gasteiger partial charge in [0.25, 0.3) is 0 Å². The first-order chi connectivity index (χ1) is 6.63. The predicted octanol–water partition coefficient (Wildman–Crippen LogP) is 4.40. The van der Waals surface area contributed by atoms with E-state index in [1.54, 1.807) is 11.8 Å². The van der Waals surface area contributed by atoms with E-state index in [0.717, 1.165) is 22.2 Å². The Morgan fingerprint density at radius 1 is 1.57 bits per heavy atom. The summed E-state index contributed by atoms with van der Waals surface area (Å²) in [6.45, 7) is 8.83. The van der Waals surface area contributed by atoms with E-state index in [1.807, 2.05) is 25.1 Å². The van der Waals surface area contributed by atoms with Crippen LogP contribution in [0.5, 0.6) is 0 Å². The van der Waals surface area contributed by atoms with Crippen LogP contribution in [-0.4, -0.2) is 6.54 Å². The highest BCUT2D eigenvalue weighted by atomic mass is 35.5. The maximum absolute atomic E-state index is 5.92. The number of hydrogen-bond acceptors (Lipinski definition) is 2. The van der Waals surface area contributed by atoms with Gasteiger partial charge in [0.05, 0.1) is 0 Å². The smallest absolute Gasteiger partial charge is 0.0496 e. The fraction of sp³-hybridized carbons (Fsp3) is 0.273. The van der Waals surface area contributed by atoms with E-state index < -0.39 is 0 Å². The molecule has 0 radical (unpaired) electrons. The minimum Gasteiger partial charge on any atom is -0.384 e. The molecule has 14 heavy (non-hydrogen) atoms. The van der Waals surface area contributed by atoms with Crippen molar-refractivity contribution in [3.05, 3.63) is 34.7 Å². The molecular weight excluding hydrogens is 214 g/mol. The van der Waals surface area contributed by atoms with E-state index in [2.05, 4.69) is 18.8 Å². The van der Waals surface area contributed by atoms with E-state index in [9.17, 15) is 0 Å². The molecule has 1 nitrogen and oxygen atoms in total. The topological polar surface area (TPSA) is 12.0 Å². The van der Waals surface area contributed by atoms with Crippen LogP contribution >= 0.6 is 23.4 Å². The van der Waals surface area contributed by atoms with Gasteiger partial charge in [-0.15, -0.1) is 0 Å². The first-order valence-electron chi connectivity index (χ1n) is 4.50. The normalized spacial score (nSPS) is 9.93. The summed E-state index contributed by atoms with van der Waals surface area (Å²) in [6, 6.07) is 5.85. The van der Waals surface area contributed by atoms with Gasteiger partial charge in [-0.05, 0) is 37.0 Å². The maximum atomic E-state index is 5.92. The van der Waals surface area contributed by atoms with Crippen molar-refractivity contribution in [1.29, 1.82) is 0 Å². The van der Waals surface area contributed by atoms with E-state index in [1.165, 1.54) is 4.90 Å². The Balaban J connectivity index is 2.95. The van der Waals surface area contributed by atoms with E-state index in [-0.39, 0.29) is 0 Å². The molecule has 3 heteroatoms. The molecule has 0 aromatic heterocycles. The van der Waals surface area contributed by atoms with Gasteiger partial charge in [-0.3, -0.25) is 0 Å². The number of rotatable bonds is 4. The highest BCUT2D eigenvalue weighted by molar-refractivity contribution is 8.03. The molecule has 0 aliphatic carbocycles. The van der Waals surface area contributed by atoms with Gasteiger partial charge in [-0.2, -0.15) is 0 Å². The molecule has 76 valence electrons. The van der Waals surface area contributed by atoms with Crippen molar-refractivity contribution in [2.75, 3.05) is 11.9 Å². The third-order valence-corrected chi connectivity index (χ3v) is 2.75. The summed E-state index contributed by atoms with van der Waals surface area (Å²) in [5.41, 5.74) is 1.08. The molecule has 0 unspecified atom stereocenters. The lowest BCUT2D eigenvalue weighted by Crippen LogP contribution is -1.97. The molecule has 0 saturated heterocycles. The Hall–Kier alpha value is -0.600. The second-order valence-corrected chi connectivity index (χ2v) is 4.75. The van der Waals surface area contributed by atoms with Crippen LogP contribution in [-0.2, 0) is 0 Å². The molecule has 0 spiro atoms. The van der Waals surface area contributed by atoms with Gasteiger partial charge >= 0.3 is 0 Å². The number of thioether (sulfide) groups is 1. The maximum Gasteiger partial charge on any atom is 0.0496 e. The molecule has 1 N–H and O–H groups in total. The van der Waals surface area contributed by atoms with Gasteiger partial charge in [-0.25, -0.2) is 0 Å². The minimum atomic E-state index is 0.756. The van der Waals surface area contributed by atoms with Crippen molar-refractivity contribution < 1.29 is 0 Å². The van der Waals surface area contributed by atoms with Crippen molar-refractivity contribution >= 4 is 29.1 Å². The van der Waals surface area contributed by atoms with Crippen LogP contribution in [0.1, 0.15) is 13.8 Å². The lowest BCUT2D eigenvalue weighted by molar-refractivity contribution is 1.19. The molecule has 0 heterocycles. The SMILES string of the molecule is C=C(C)Sc1ccc(Cl)cc1NCC. The van der Waals surface area contributed by atoms with Gasteiger partial charge in [0.1, 0.15) is 0 Å². The molecule has 0 aliphatic rings. The molecule has 0 amide bonds. The van der Waals surface area contributed by atoms with Crippen molar-refractivity contribution in [1.82, 2.24) is 0 Å². The summed E-state index contributed by atoms with van der Waals surface area (Å²) in [5, 5.41) is 4.03. The summed E-state index contributed by atoms with van der Waals surface area (Å²) >= 11 is 7.58. The lowest BCUT2D eigenvalue weighted by Gasteiger charge is -2.10. The van der Waals surface area contributed by atoms with Crippen molar-refractivity contribution in [3.63, 3.8) is 0 Å². The van der Waals surface area contributed by atoms with E-state index in [0.29, 0.717) is 0 Å². The van der Waals surface area contributed by atoms with Crippen LogP contribution in [0.2, 0.25) is 5.02 Å².